The predicted octanol–water partition coefficient (Wildman–Crippen LogP) is 1.88. The standard InChI is InChI=1S/C15H22N4OS/c1-9-4-5-12-14(10(9)2)19-13(18-12)8-17-15(20)11(16)6-7-21-3/h4-5,11H,6-8,16H2,1-3H3,(H,17,20)(H,18,19)/t11-/m0/s1. The molecule has 0 fully saturated rings. The fourth-order valence-corrected chi connectivity index (χ4v) is 2.62. The summed E-state index contributed by atoms with van der Waals surface area (Å²) < 4.78 is 0. The van der Waals surface area contributed by atoms with Gasteiger partial charge >= 0.3 is 0 Å². The Balaban J connectivity index is 2.01. The molecule has 0 aliphatic heterocycles. The molecule has 1 aromatic carbocycles. The molecule has 114 valence electrons. The molecule has 2 aromatic rings. The number of amides is 1. The number of benzene rings is 1. The number of fused-ring (bicyclic) bond motifs is 1. The second kappa shape index (κ2) is 6.95. The third kappa shape index (κ3) is 3.77. The van der Waals surface area contributed by atoms with Gasteiger partial charge in [-0.3, -0.25) is 4.79 Å². The lowest BCUT2D eigenvalue weighted by atomic mass is 10.1. The first-order chi connectivity index (χ1) is 10.0. The Bertz CT molecular complexity index is 638. The lowest BCUT2D eigenvalue weighted by Gasteiger charge is -2.10. The van der Waals surface area contributed by atoms with E-state index in [1.54, 1.807) is 11.8 Å². The summed E-state index contributed by atoms with van der Waals surface area (Å²) in [4.78, 5) is 19.7. The fraction of sp³-hybridized carbons (Fsp3) is 0.467. The van der Waals surface area contributed by atoms with Gasteiger partial charge in [-0.2, -0.15) is 11.8 Å². The fourth-order valence-electron chi connectivity index (χ4n) is 2.13. The molecular formula is C15H22N4OS. The first-order valence-corrected chi connectivity index (χ1v) is 8.39. The zero-order valence-corrected chi connectivity index (χ0v) is 13.5. The van der Waals surface area contributed by atoms with E-state index in [0.717, 1.165) is 28.2 Å². The number of hydrogen-bond donors (Lipinski definition) is 3. The zero-order chi connectivity index (χ0) is 15.4. The molecule has 0 spiro atoms. The van der Waals surface area contributed by atoms with Gasteiger partial charge in [-0.25, -0.2) is 4.98 Å². The Morgan fingerprint density at radius 3 is 2.95 bits per heavy atom. The summed E-state index contributed by atoms with van der Waals surface area (Å²) >= 11 is 1.69. The maximum Gasteiger partial charge on any atom is 0.237 e. The van der Waals surface area contributed by atoms with Gasteiger partial charge in [-0.15, -0.1) is 0 Å². The Morgan fingerprint density at radius 2 is 2.24 bits per heavy atom. The molecule has 0 saturated carbocycles. The van der Waals surface area contributed by atoms with Crippen LogP contribution in [0.4, 0.5) is 0 Å². The van der Waals surface area contributed by atoms with Gasteiger partial charge in [0.05, 0.1) is 23.6 Å². The number of rotatable bonds is 6. The molecule has 1 amide bonds. The van der Waals surface area contributed by atoms with Crippen molar-refractivity contribution in [2.24, 2.45) is 5.73 Å². The molecule has 2 rings (SSSR count). The topological polar surface area (TPSA) is 83.8 Å². The van der Waals surface area contributed by atoms with E-state index in [2.05, 4.69) is 35.2 Å². The van der Waals surface area contributed by atoms with Crippen LogP contribution in [0.15, 0.2) is 12.1 Å². The molecule has 4 N–H and O–H groups in total. The minimum absolute atomic E-state index is 0.127. The van der Waals surface area contributed by atoms with Crippen LogP contribution in [0.25, 0.3) is 11.0 Å². The molecule has 6 heteroatoms. The van der Waals surface area contributed by atoms with Crippen molar-refractivity contribution in [1.82, 2.24) is 15.3 Å². The molecule has 0 bridgehead atoms. The van der Waals surface area contributed by atoms with Gasteiger partial charge < -0.3 is 16.0 Å². The van der Waals surface area contributed by atoms with E-state index in [1.165, 1.54) is 5.56 Å². The van der Waals surface area contributed by atoms with Crippen molar-refractivity contribution in [3.63, 3.8) is 0 Å². The Kier molecular flexibility index (Phi) is 5.25. The highest BCUT2D eigenvalue weighted by atomic mass is 32.2. The maximum absolute atomic E-state index is 11.9. The first-order valence-electron chi connectivity index (χ1n) is 7.00. The minimum Gasteiger partial charge on any atom is -0.348 e. The van der Waals surface area contributed by atoms with Crippen molar-refractivity contribution >= 4 is 28.7 Å². The van der Waals surface area contributed by atoms with E-state index in [-0.39, 0.29) is 5.91 Å². The molecular weight excluding hydrogens is 284 g/mol. The number of hydrogen-bond acceptors (Lipinski definition) is 4. The van der Waals surface area contributed by atoms with Crippen molar-refractivity contribution in [1.29, 1.82) is 0 Å². The second-order valence-electron chi connectivity index (χ2n) is 5.19. The highest BCUT2D eigenvalue weighted by Crippen LogP contribution is 2.19. The molecule has 21 heavy (non-hydrogen) atoms. The summed E-state index contributed by atoms with van der Waals surface area (Å²) in [6, 6.07) is 3.63. The third-order valence-corrected chi connectivity index (χ3v) is 4.27. The highest BCUT2D eigenvalue weighted by Gasteiger charge is 2.13. The number of imidazole rings is 1. The maximum atomic E-state index is 11.9. The monoisotopic (exact) mass is 306 g/mol. The summed E-state index contributed by atoms with van der Waals surface area (Å²) in [5, 5.41) is 2.84. The SMILES string of the molecule is CSCC[C@H](N)C(=O)NCc1nc2c(C)c(C)ccc2[nH]1. The Labute approximate surface area is 129 Å². The van der Waals surface area contributed by atoms with Crippen LogP contribution >= 0.6 is 11.8 Å². The molecule has 1 heterocycles. The minimum atomic E-state index is -0.453. The van der Waals surface area contributed by atoms with E-state index >= 15 is 0 Å². The van der Waals surface area contributed by atoms with Crippen LogP contribution in [-0.2, 0) is 11.3 Å². The Morgan fingerprint density at radius 1 is 1.48 bits per heavy atom. The average Bonchev–Trinajstić information content (AvgIpc) is 2.90. The number of nitrogens with one attached hydrogen (secondary N) is 2. The number of carbonyl (C=O) groups excluding carboxylic acids is 1. The van der Waals surface area contributed by atoms with E-state index < -0.39 is 6.04 Å². The number of aryl methyl sites for hydroxylation is 2. The van der Waals surface area contributed by atoms with Crippen LogP contribution in [0, 0.1) is 13.8 Å². The summed E-state index contributed by atoms with van der Waals surface area (Å²) in [5.74, 6) is 1.51. The van der Waals surface area contributed by atoms with Crippen LogP contribution in [0.2, 0.25) is 0 Å². The van der Waals surface area contributed by atoms with Crippen molar-refractivity contribution in [3.05, 3.63) is 29.1 Å². The number of nitrogens with two attached hydrogens (primary N) is 1. The van der Waals surface area contributed by atoms with Gasteiger partial charge in [0.25, 0.3) is 0 Å². The van der Waals surface area contributed by atoms with Crippen LogP contribution in [0.3, 0.4) is 0 Å². The van der Waals surface area contributed by atoms with Gasteiger partial charge in [-0.05, 0) is 49.5 Å². The number of thioether (sulfide) groups is 1. The van der Waals surface area contributed by atoms with Crippen molar-refractivity contribution in [3.8, 4) is 0 Å². The molecule has 0 radical (unpaired) electrons. The van der Waals surface area contributed by atoms with Gasteiger partial charge in [0, 0.05) is 0 Å². The predicted molar refractivity (Wildman–Crippen MR) is 88.4 cm³/mol. The average molecular weight is 306 g/mol. The molecule has 0 unspecified atom stereocenters. The van der Waals surface area contributed by atoms with Crippen LogP contribution < -0.4 is 11.1 Å². The van der Waals surface area contributed by atoms with Gasteiger partial charge in [0.15, 0.2) is 0 Å². The summed E-state index contributed by atoms with van der Waals surface area (Å²) in [6.45, 7) is 4.49. The van der Waals surface area contributed by atoms with Gasteiger partial charge in [0.2, 0.25) is 5.91 Å². The highest BCUT2D eigenvalue weighted by molar-refractivity contribution is 7.98. The molecule has 1 aromatic heterocycles. The van der Waals surface area contributed by atoms with E-state index in [1.807, 2.05) is 12.3 Å². The molecule has 1 atom stereocenters. The smallest absolute Gasteiger partial charge is 0.237 e. The first kappa shape index (κ1) is 15.9. The number of carbonyl (C=O) groups is 1. The lowest BCUT2D eigenvalue weighted by Crippen LogP contribution is -2.40. The van der Waals surface area contributed by atoms with E-state index in [4.69, 9.17) is 5.73 Å². The quantitative estimate of drug-likeness (QED) is 0.761. The normalized spacial score (nSPS) is 12.6. The number of aromatic amines is 1. The third-order valence-electron chi connectivity index (χ3n) is 3.63. The molecule has 0 aliphatic rings. The van der Waals surface area contributed by atoms with Crippen molar-refractivity contribution in [2.45, 2.75) is 32.9 Å². The zero-order valence-electron chi connectivity index (χ0n) is 12.7. The van der Waals surface area contributed by atoms with Crippen LogP contribution in [0.5, 0.6) is 0 Å². The van der Waals surface area contributed by atoms with E-state index in [0.29, 0.717) is 13.0 Å². The summed E-state index contributed by atoms with van der Waals surface area (Å²) in [7, 11) is 0. The summed E-state index contributed by atoms with van der Waals surface area (Å²) in [6.07, 6.45) is 2.69. The lowest BCUT2D eigenvalue weighted by molar-refractivity contribution is -0.122. The summed E-state index contributed by atoms with van der Waals surface area (Å²) in [5.41, 5.74) is 10.2. The molecule has 0 saturated heterocycles. The van der Waals surface area contributed by atoms with Crippen molar-refractivity contribution in [2.75, 3.05) is 12.0 Å². The second-order valence-corrected chi connectivity index (χ2v) is 6.18. The molecule has 0 aliphatic carbocycles. The number of nitrogens with zero attached hydrogens (tertiary/aromatic N) is 1. The number of aromatic nitrogens is 2. The van der Waals surface area contributed by atoms with Crippen LogP contribution in [-0.4, -0.2) is 33.9 Å². The molecule has 5 nitrogen and oxygen atoms in total. The number of H-pyrrole nitrogens is 1. The van der Waals surface area contributed by atoms with E-state index in [9.17, 15) is 4.79 Å². The van der Waals surface area contributed by atoms with Crippen LogP contribution in [0.1, 0.15) is 23.4 Å². The van der Waals surface area contributed by atoms with Crippen molar-refractivity contribution < 1.29 is 4.79 Å². The van der Waals surface area contributed by atoms with Gasteiger partial charge in [-0.1, -0.05) is 6.07 Å². The largest absolute Gasteiger partial charge is 0.348 e. The van der Waals surface area contributed by atoms with Gasteiger partial charge in [0.1, 0.15) is 5.82 Å². The Hall–Kier alpha value is -1.53.